The minimum Gasteiger partial charge on any atom is -0.352 e. The van der Waals surface area contributed by atoms with E-state index in [0.717, 1.165) is 25.1 Å². The van der Waals surface area contributed by atoms with Gasteiger partial charge in [0.25, 0.3) is 0 Å². The van der Waals surface area contributed by atoms with Gasteiger partial charge in [-0.3, -0.25) is 4.79 Å². The summed E-state index contributed by atoms with van der Waals surface area (Å²) in [4.78, 5) is 11.1. The average molecular weight is 236 g/mol. The van der Waals surface area contributed by atoms with Crippen molar-refractivity contribution in [2.45, 2.75) is 25.3 Å². The highest BCUT2D eigenvalue weighted by Crippen LogP contribution is 2.26. The molecule has 4 heteroatoms. The number of piperidine rings is 1. The minimum atomic E-state index is -0.220. The third kappa shape index (κ3) is 3.03. The SMILES string of the molecule is CC(=O)NC1CNCCC1c1cccc(F)c1. The molecule has 0 bridgehead atoms. The number of hydrogen-bond acceptors (Lipinski definition) is 2. The van der Waals surface area contributed by atoms with Gasteiger partial charge in [0.15, 0.2) is 0 Å². The maximum Gasteiger partial charge on any atom is 0.217 e. The van der Waals surface area contributed by atoms with Gasteiger partial charge in [0.05, 0.1) is 0 Å². The first-order valence-corrected chi connectivity index (χ1v) is 5.90. The van der Waals surface area contributed by atoms with Gasteiger partial charge in [-0.2, -0.15) is 0 Å². The van der Waals surface area contributed by atoms with Crippen molar-refractivity contribution in [2.75, 3.05) is 13.1 Å². The number of hydrogen-bond donors (Lipinski definition) is 2. The lowest BCUT2D eigenvalue weighted by Crippen LogP contribution is -2.49. The third-order valence-electron chi connectivity index (χ3n) is 3.15. The maximum atomic E-state index is 13.2. The summed E-state index contributed by atoms with van der Waals surface area (Å²) < 4.78 is 13.2. The van der Waals surface area contributed by atoms with Gasteiger partial charge in [0.2, 0.25) is 5.91 Å². The highest BCUT2D eigenvalue weighted by molar-refractivity contribution is 5.73. The van der Waals surface area contributed by atoms with E-state index in [2.05, 4.69) is 10.6 Å². The first-order chi connectivity index (χ1) is 8.16. The van der Waals surface area contributed by atoms with Gasteiger partial charge in [-0.05, 0) is 30.7 Å². The standard InChI is InChI=1S/C13H17FN2O/c1-9(17)16-13-8-15-6-5-12(13)10-3-2-4-11(14)7-10/h2-4,7,12-13,15H,5-6,8H2,1H3,(H,16,17). The van der Waals surface area contributed by atoms with E-state index in [1.54, 1.807) is 12.1 Å². The van der Waals surface area contributed by atoms with Crippen LogP contribution in [0.2, 0.25) is 0 Å². The second kappa shape index (κ2) is 5.27. The summed E-state index contributed by atoms with van der Waals surface area (Å²) in [6.07, 6.45) is 0.911. The number of rotatable bonds is 2. The Balaban J connectivity index is 2.18. The first kappa shape index (κ1) is 12.0. The van der Waals surface area contributed by atoms with Gasteiger partial charge in [-0.1, -0.05) is 12.1 Å². The number of carbonyl (C=O) groups excluding carboxylic acids is 1. The predicted octanol–water partition coefficient (Wildman–Crippen LogP) is 1.41. The molecule has 1 heterocycles. The van der Waals surface area contributed by atoms with Crippen molar-refractivity contribution in [1.82, 2.24) is 10.6 Å². The van der Waals surface area contributed by atoms with Gasteiger partial charge in [0, 0.05) is 25.4 Å². The summed E-state index contributed by atoms with van der Waals surface area (Å²) in [7, 11) is 0. The lowest BCUT2D eigenvalue weighted by atomic mass is 9.86. The summed E-state index contributed by atoms with van der Waals surface area (Å²) in [6.45, 7) is 3.15. The monoisotopic (exact) mass is 236 g/mol. The predicted molar refractivity (Wildman–Crippen MR) is 64.2 cm³/mol. The lowest BCUT2D eigenvalue weighted by Gasteiger charge is -2.32. The highest BCUT2D eigenvalue weighted by Gasteiger charge is 2.26. The third-order valence-corrected chi connectivity index (χ3v) is 3.15. The molecule has 1 fully saturated rings. The molecule has 2 unspecified atom stereocenters. The van der Waals surface area contributed by atoms with Gasteiger partial charge in [0.1, 0.15) is 5.82 Å². The van der Waals surface area contributed by atoms with E-state index in [9.17, 15) is 9.18 Å². The number of amides is 1. The van der Waals surface area contributed by atoms with Crippen LogP contribution < -0.4 is 10.6 Å². The van der Waals surface area contributed by atoms with Crippen molar-refractivity contribution in [1.29, 1.82) is 0 Å². The summed E-state index contributed by atoms with van der Waals surface area (Å²) in [5.41, 5.74) is 0.963. The van der Waals surface area contributed by atoms with Crippen LogP contribution in [0.3, 0.4) is 0 Å². The van der Waals surface area contributed by atoms with Crippen LogP contribution >= 0.6 is 0 Å². The van der Waals surface area contributed by atoms with Crippen LogP contribution in [0, 0.1) is 5.82 Å². The molecular weight excluding hydrogens is 219 g/mol. The van der Waals surface area contributed by atoms with E-state index >= 15 is 0 Å². The second-order valence-electron chi connectivity index (χ2n) is 4.46. The molecule has 1 amide bonds. The fourth-order valence-corrected chi connectivity index (χ4v) is 2.41. The average Bonchev–Trinajstić information content (AvgIpc) is 2.29. The van der Waals surface area contributed by atoms with Crippen LogP contribution in [0.15, 0.2) is 24.3 Å². The molecule has 0 radical (unpaired) electrons. The molecule has 1 saturated heterocycles. The van der Waals surface area contributed by atoms with Crippen LogP contribution in [-0.4, -0.2) is 25.0 Å². The molecule has 1 aromatic carbocycles. The Kier molecular flexibility index (Phi) is 3.74. The van der Waals surface area contributed by atoms with Crippen LogP contribution in [0.5, 0.6) is 0 Å². The Bertz CT molecular complexity index is 408. The number of carbonyl (C=O) groups is 1. The molecule has 0 aliphatic carbocycles. The van der Waals surface area contributed by atoms with Crippen LogP contribution in [0.4, 0.5) is 4.39 Å². The fraction of sp³-hybridized carbons (Fsp3) is 0.462. The zero-order valence-corrected chi connectivity index (χ0v) is 9.87. The van der Waals surface area contributed by atoms with Gasteiger partial charge < -0.3 is 10.6 Å². The summed E-state index contributed by atoms with van der Waals surface area (Å²) in [5.74, 6) is -0.0708. The molecule has 3 nitrogen and oxygen atoms in total. The Morgan fingerprint density at radius 3 is 3.06 bits per heavy atom. The number of benzene rings is 1. The summed E-state index contributed by atoms with van der Waals surface area (Å²) in [6, 6.07) is 6.69. The molecule has 17 heavy (non-hydrogen) atoms. The molecule has 1 aromatic rings. The molecule has 0 aromatic heterocycles. The zero-order valence-electron chi connectivity index (χ0n) is 9.87. The second-order valence-corrected chi connectivity index (χ2v) is 4.46. The van der Waals surface area contributed by atoms with Crippen molar-refractivity contribution < 1.29 is 9.18 Å². The van der Waals surface area contributed by atoms with E-state index in [0.29, 0.717) is 0 Å². The highest BCUT2D eigenvalue weighted by atomic mass is 19.1. The largest absolute Gasteiger partial charge is 0.352 e. The maximum absolute atomic E-state index is 13.2. The molecule has 0 spiro atoms. The van der Waals surface area contributed by atoms with Crippen molar-refractivity contribution in [3.8, 4) is 0 Å². The lowest BCUT2D eigenvalue weighted by molar-refractivity contribution is -0.119. The van der Waals surface area contributed by atoms with Crippen LogP contribution in [0.1, 0.15) is 24.8 Å². The zero-order chi connectivity index (χ0) is 12.3. The van der Waals surface area contributed by atoms with Gasteiger partial charge >= 0.3 is 0 Å². The number of nitrogens with one attached hydrogen (secondary N) is 2. The fourth-order valence-electron chi connectivity index (χ4n) is 2.41. The Morgan fingerprint density at radius 2 is 2.35 bits per heavy atom. The van der Waals surface area contributed by atoms with E-state index < -0.39 is 0 Å². The quantitative estimate of drug-likeness (QED) is 0.815. The topological polar surface area (TPSA) is 41.1 Å². The molecular formula is C13H17FN2O. The van der Waals surface area contributed by atoms with E-state index in [-0.39, 0.29) is 23.7 Å². The van der Waals surface area contributed by atoms with E-state index in [1.807, 2.05) is 6.07 Å². The first-order valence-electron chi connectivity index (χ1n) is 5.90. The van der Waals surface area contributed by atoms with Crippen molar-refractivity contribution in [3.63, 3.8) is 0 Å². The van der Waals surface area contributed by atoms with Crippen molar-refractivity contribution in [3.05, 3.63) is 35.6 Å². The molecule has 2 N–H and O–H groups in total. The van der Waals surface area contributed by atoms with Gasteiger partial charge in [-0.15, -0.1) is 0 Å². The summed E-state index contributed by atoms with van der Waals surface area (Å²) in [5, 5.41) is 6.17. The molecule has 92 valence electrons. The van der Waals surface area contributed by atoms with E-state index in [4.69, 9.17) is 0 Å². The molecule has 0 saturated carbocycles. The summed E-state index contributed by atoms with van der Waals surface area (Å²) >= 11 is 0. The normalized spacial score (nSPS) is 24.4. The Morgan fingerprint density at radius 1 is 1.53 bits per heavy atom. The Hall–Kier alpha value is -1.42. The Labute approximate surface area is 100 Å². The number of halogens is 1. The molecule has 1 aliphatic rings. The molecule has 2 rings (SSSR count). The smallest absolute Gasteiger partial charge is 0.217 e. The van der Waals surface area contributed by atoms with Crippen LogP contribution in [-0.2, 0) is 4.79 Å². The van der Waals surface area contributed by atoms with Crippen molar-refractivity contribution >= 4 is 5.91 Å². The van der Waals surface area contributed by atoms with Crippen LogP contribution in [0.25, 0.3) is 0 Å². The molecule has 1 aliphatic heterocycles. The minimum absolute atomic E-state index is 0.0416. The van der Waals surface area contributed by atoms with Gasteiger partial charge in [-0.25, -0.2) is 4.39 Å². The molecule has 2 atom stereocenters. The van der Waals surface area contributed by atoms with E-state index in [1.165, 1.54) is 13.0 Å². The van der Waals surface area contributed by atoms with Crippen molar-refractivity contribution in [2.24, 2.45) is 0 Å².